The van der Waals surface area contributed by atoms with Crippen molar-refractivity contribution in [3.8, 4) is 0 Å². The van der Waals surface area contributed by atoms with Crippen molar-refractivity contribution in [1.82, 2.24) is 9.63 Å². The molecule has 1 fully saturated rings. The summed E-state index contributed by atoms with van der Waals surface area (Å²) in [5.41, 5.74) is 1.72. The summed E-state index contributed by atoms with van der Waals surface area (Å²) >= 11 is 6.95. The normalized spacial score (nSPS) is 14.6. The summed E-state index contributed by atoms with van der Waals surface area (Å²) < 4.78 is 3.68. The van der Waals surface area contributed by atoms with Crippen molar-refractivity contribution in [2.24, 2.45) is 0 Å². The molecule has 2 heterocycles. The largest absolute Gasteiger partial charge is 0.352 e. The van der Waals surface area contributed by atoms with E-state index in [1.54, 1.807) is 0 Å². The SMILES string of the molecule is O=C(Cn1c2ccc(Br)cc2c2cc(Br)ccc21)ON1C(=O)CCC1=O. The zero-order valence-electron chi connectivity index (χ0n) is 13.4. The predicted octanol–water partition coefficient (Wildman–Crippen LogP) is 3.93. The summed E-state index contributed by atoms with van der Waals surface area (Å²) in [7, 11) is 0. The fourth-order valence-electron chi connectivity index (χ4n) is 3.14. The van der Waals surface area contributed by atoms with Gasteiger partial charge < -0.3 is 9.40 Å². The minimum atomic E-state index is -0.668. The second-order valence-corrected chi connectivity index (χ2v) is 7.79. The highest BCUT2D eigenvalue weighted by Crippen LogP contribution is 2.33. The molecule has 8 heteroatoms. The molecular weight excluding hydrogens is 468 g/mol. The van der Waals surface area contributed by atoms with Crippen molar-refractivity contribution < 1.29 is 19.2 Å². The lowest BCUT2D eigenvalue weighted by molar-refractivity contribution is -0.197. The minimum absolute atomic E-state index is 0.0730. The van der Waals surface area contributed by atoms with Crippen LogP contribution >= 0.6 is 31.9 Å². The Hall–Kier alpha value is -2.19. The van der Waals surface area contributed by atoms with E-state index in [1.165, 1.54) is 0 Å². The Morgan fingerprint density at radius 1 is 0.923 bits per heavy atom. The maximum absolute atomic E-state index is 12.4. The lowest BCUT2D eigenvalue weighted by atomic mass is 10.2. The van der Waals surface area contributed by atoms with Crippen LogP contribution in [0.1, 0.15) is 12.8 Å². The molecular formula is C18H12Br2N2O4. The van der Waals surface area contributed by atoms with Gasteiger partial charge in [0.2, 0.25) is 0 Å². The van der Waals surface area contributed by atoms with E-state index in [0.29, 0.717) is 5.06 Å². The van der Waals surface area contributed by atoms with Gasteiger partial charge in [0.1, 0.15) is 6.54 Å². The molecule has 6 nitrogen and oxygen atoms in total. The first kappa shape index (κ1) is 17.2. The van der Waals surface area contributed by atoms with Crippen LogP contribution in [0.4, 0.5) is 0 Å². The van der Waals surface area contributed by atoms with Crippen LogP contribution in [0.15, 0.2) is 45.3 Å². The average molecular weight is 480 g/mol. The molecule has 0 radical (unpaired) electrons. The molecule has 2 aromatic carbocycles. The van der Waals surface area contributed by atoms with Gasteiger partial charge in [-0.2, -0.15) is 0 Å². The van der Waals surface area contributed by atoms with Crippen molar-refractivity contribution in [3.05, 3.63) is 45.3 Å². The van der Waals surface area contributed by atoms with Crippen LogP contribution < -0.4 is 0 Å². The Labute approximate surface area is 164 Å². The number of aromatic nitrogens is 1. The molecule has 0 saturated carbocycles. The summed E-state index contributed by atoms with van der Waals surface area (Å²) in [6.07, 6.45) is 0.146. The molecule has 3 aromatic rings. The van der Waals surface area contributed by atoms with Gasteiger partial charge in [0.15, 0.2) is 0 Å². The lowest BCUT2D eigenvalue weighted by Crippen LogP contribution is -2.33. The molecule has 1 aliphatic rings. The van der Waals surface area contributed by atoms with Gasteiger partial charge in [-0.25, -0.2) is 4.79 Å². The van der Waals surface area contributed by atoms with Gasteiger partial charge in [0.25, 0.3) is 11.8 Å². The molecule has 0 spiro atoms. The predicted molar refractivity (Wildman–Crippen MR) is 102 cm³/mol. The van der Waals surface area contributed by atoms with Crippen molar-refractivity contribution >= 4 is 71.4 Å². The number of imide groups is 1. The molecule has 2 amide bonds. The number of amides is 2. The van der Waals surface area contributed by atoms with Crippen LogP contribution in [-0.2, 0) is 25.8 Å². The molecule has 1 aromatic heterocycles. The first-order chi connectivity index (χ1) is 12.4. The highest BCUT2D eigenvalue weighted by atomic mass is 79.9. The van der Waals surface area contributed by atoms with Crippen molar-refractivity contribution in [2.45, 2.75) is 19.4 Å². The second-order valence-electron chi connectivity index (χ2n) is 5.95. The maximum Gasteiger partial charge on any atom is 0.352 e. The molecule has 0 unspecified atom stereocenters. The van der Waals surface area contributed by atoms with E-state index in [0.717, 1.165) is 30.8 Å². The van der Waals surface area contributed by atoms with E-state index in [-0.39, 0.29) is 19.4 Å². The number of hydrogen-bond donors (Lipinski definition) is 0. The quantitative estimate of drug-likeness (QED) is 0.534. The van der Waals surface area contributed by atoms with Crippen molar-refractivity contribution in [2.75, 3.05) is 0 Å². The fraction of sp³-hybridized carbons (Fsp3) is 0.167. The summed E-state index contributed by atoms with van der Waals surface area (Å²) in [4.78, 5) is 40.6. The van der Waals surface area contributed by atoms with Crippen molar-refractivity contribution in [1.29, 1.82) is 0 Å². The van der Waals surface area contributed by atoms with Crippen LogP contribution in [0, 0.1) is 0 Å². The third-order valence-electron chi connectivity index (χ3n) is 4.28. The zero-order chi connectivity index (χ0) is 18.4. The number of rotatable bonds is 3. The van der Waals surface area contributed by atoms with Gasteiger partial charge in [-0.05, 0) is 36.4 Å². The first-order valence-corrected chi connectivity index (χ1v) is 9.46. The smallest absolute Gasteiger partial charge is 0.329 e. The lowest BCUT2D eigenvalue weighted by Gasteiger charge is -2.13. The van der Waals surface area contributed by atoms with Gasteiger partial charge in [-0.1, -0.05) is 31.9 Å². The highest BCUT2D eigenvalue weighted by Gasteiger charge is 2.33. The third kappa shape index (κ3) is 2.93. The Bertz CT molecular complexity index is 1010. The summed E-state index contributed by atoms with van der Waals surface area (Å²) in [6, 6.07) is 11.6. The van der Waals surface area contributed by atoms with Gasteiger partial charge in [0.05, 0.1) is 0 Å². The molecule has 26 heavy (non-hydrogen) atoms. The van der Waals surface area contributed by atoms with Crippen molar-refractivity contribution in [3.63, 3.8) is 0 Å². The monoisotopic (exact) mass is 478 g/mol. The number of halogens is 2. The first-order valence-electron chi connectivity index (χ1n) is 7.87. The van der Waals surface area contributed by atoms with Gasteiger partial charge >= 0.3 is 5.97 Å². The molecule has 0 bridgehead atoms. The Morgan fingerprint density at radius 2 is 1.42 bits per heavy atom. The van der Waals surface area contributed by atoms with Crippen LogP contribution in [-0.4, -0.2) is 27.4 Å². The van der Waals surface area contributed by atoms with E-state index in [2.05, 4.69) is 31.9 Å². The van der Waals surface area contributed by atoms with Gasteiger partial charge in [-0.3, -0.25) is 9.59 Å². The molecule has 0 aliphatic carbocycles. The highest BCUT2D eigenvalue weighted by molar-refractivity contribution is 9.10. The molecule has 0 atom stereocenters. The van der Waals surface area contributed by atoms with Gasteiger partial charge in [-0.15, -0.1) is 5.06 Å². The van der Waals surface area contributed by atoms with Crippen LogP contribution in [0.5, 0.6) is 0 Å². The molecule has 4 rings (SSSR count). The number of hydrogen-bond acceptors (Lipinski definition) is 4. The summed E-state index contributed by atoms with van der Waals surface area (Å²) in [6.45, 7) is -0.111. The van der Waals surface area contributed by atoms with Crippen LogP contribution in [0.2, 0.25) is 0 Å². The van der Waals surface area contributed by atoms with E-state index < -0.39 is 17.8 Å². The molecule has 1 aliphatic heterocycles. The molecule has 132 valence electrons. The zero-order valence-corrected chi connectivity index (χ0v) is 16.5. The Balaban J connectivity index is 1.74. The van der Waals surface area contributed by atoms with Gasteiger partial charge in [0, 0.05) is 43.6 Å². The average Bonchev–Trinajstić information content (AvgIpc) is 3.07. The number of benzene rings is 2. The maximum atomic E-state index is 12.4. The third-order valence-corrected chi connectivity index (χ3v) is 5.26. The van der Waals surface area contributed by atoms with E-state index >= 15 is 0 Å². The summed E-state index contributed by atoms with van der Waals surface area (Å²) in [5.74, 6) is -1.64. The number of hydroxylamine groups is 2. The van der Waals surface area contributed by atoms with E-state index in [9.17, 15) is 14.4 Å². The fourth-order valence-corrected chi connectivity index (χ4v) is 3.86. The number of fused-ring (bicyclic) bond motifs is 3. The Morgan fingerprint density at radius 3 is 1.92 bits per heavy atom. The minimum Gasteiger partial charge on any atom is -0.329 e. The number of carbonyl (C=O) groups excluding carboxylic acids is 3. The topological polar surface area (TPSA) is 68.6 Å². The molecule has 1 saturated heterocycles. The van der Waals surface area contributed by atoms with E-state index in [1.807, 2.05) is 41.0 Å². The molecule has 0 N–H and O–H groups in total. The number of carbonyl (C=O) groups is 3. The summed E-state index contributed by atoms with van der Waals surface area (Å²) in [5, 5.41) is 2.54. The second kappa shape index (κ2) is 6.51. The standard InChI is InChI=1S/C18H12Br2N2O4/c19-10-1-3-14-12(7-10)13-8-11(20)2-4-15(13)21(14)9-18(25)26-22-16(23)5-6-17(22)24/h1-4,7-8H,5-6,9H2. The van der Waals surface area contributed by atoms with Crippen LogP contribution in [0.25, 0.3) is 21.8 Å². The number of nitrogens with zero attached hydrogens (tertiary/aromatic N) is 2. The van der Waals surface area contributed by atoms with E-state index in [4.69, 9.17) is 4.84 Å². The van der Waals surface area contributed by atoms with Crippen LogP contribution in [0.3, 0.4) is 0 Å². The Kier molecular flexibility index (Phi) is 4.32.